The lowest BCUT2D eigenvalue weighted by molar-refractivity contribution is 0.188. The van der Waals surface area contributed by atoms with Crippen molar-refractivity contribution < 1.29 is 9.90 Å². The summed E-state index contributed by atoms with van der Waals surface area (Å²) in [6.07, 6.45) is 6.29. The number of aromatic nitrogens is 3. The second-order valence-corrected chi connectivity index (χ2v) is 8.07. The van der Waals surface area contributed by atoms with Gasteiger partial charge in [-0.3, -0.25) is 4.98 Å². The number of rotatable bonds is 5. The van der Waals surface area contributed by atoms with Gasteiger partial charge in [0.05, 0.1) is 21.2 Å². The topological polar surface area (TPSA) is 106 Å². The van der Waals surface area contributed by atoms with E-state index in [2.05, 4.69) is 52.5 Å². The molecule has 4 heterocycles. The van der Waals surface area contributed by atoms with Gasteiger partial charge in [0.15, 0.2) is 0 Å². The molecule has 0 spiro atoms. The molecule has 0 aliphatic carbocycles. The number of H-pyrrole nitrogens is 1. The molecule has 1 unspecified atom stereocenters. The zero-order valence-corrected chi connectivity index (χ0v) is 17.7. The first-order valence-corrected chi connectivity index (χ1v) is 10.4. The van der Waals surface area contributed by atoms with Gasteiger partial charge in [0.25, 0.3) is 0 Å². The molecule has 0 aromatic carbocycles. The lowest BCUT2D eigenvalue weighted by atomic mass is 10.0. The maximum absolute atomic E-state index is 11.1. The Hall–Kier alpha value is -2.81. The molecule has 29 heavy (non-hydrogen) atoms. The van der Waals surface area contributed by atoms with Crippen molar-refractivity contribution in [2.45, 2.75) is 32.4 Å². The number of hydrogen-bond acceptors (Lipinski definition) is 5. The van der Waals surface area contributed by atoms with Gasteiger partial charge in [-0.1, -0.05) is 6.07 Å². The van der Waals surface area contributed by atoms with Gasteiger partial charge in [0, 0.05) is 50.0 Å². The summed E-state index contributed by atoms with van der Waals surface area (Å²) >= 11 is 3.66. The first kappa shape index (κ1) is 19.5. The largest absolute Gasteiger partial charge is 0.465 e. The van der Waals surface area contributed by atoms with Crippen LogP contribution in [0.5, 0.6) is 0 Å². The number of pyridine rings is 2. The minimum atomic E-state index is -0.980. The van der Waals surface area contributed by atoms with Gasteiger partial charge in [0.2, 0.25) is 0 Å². The predicted octanol–water partition coefficient (Wildman–Crippen LogP) is 3.88. The first-order valence-electron chi connectivity index (χ1n) is 9.57. The fraction of sp³-hybridized carbons (Fsp3) is 0.350. The van der Waals surface area contributed by atoms with Crippen LogP contribution in [0.1, 0.15) is 24.1 Å². The number of fused-ring (bicyclic) bond motifs is 1. The summed E-state index contributed by atoms with van der Waals surface area (Å²) < 4.78 is 0.890. The van der Waals surface area contributed by atoms with Crippen LogP contribution in [0.15, 0.2) is 35.2 Å². The number of halogens is 1. The summed E-state index contributed by atoms with van der Waals surface area (Å²) in [6.45, 7) is 4.14. The standard InChI is InChI=1S/C20H23BrN6O2/c1-12-13(4-2-6-22-12)8-23-16-10-25-19-17(16)18(15(21)9-24-19)27-7-3-5-14(11-27)26-20(28)29/h2,4,6,9-10,14,23,26H,3,5,7-8,11H2,1H3,(H,24,25)(H,28,29). The minimum absolute atomic E-state index is 0.0928. The zero-order chi connectivity index (χ0) is 20.4. The highest BCUT2D eigenvalue weighted by atomic mass is 79.9. The number of carboxylic acid groups (broad SMARTS) is 1. The van der Waals surface area contributed by atoms with Crippen LogP contribution in [0, 0.1) is 6.92 Å². The SMILES string of the molecule is Cc1ncccc1CNc1c[nH]c2ncc(Br)c(N3CCCC(NC(=O)O)C3)c12. The summed E-state index contributed by atoms with van der Waals surface area (Å²) in [5.74, 6) is 0. The number of amides is 1. The molecule has 9 heteroatoms. The average molecular weight is 459 g/mol. The van der Waals surface area contributed by atoms with E-state index in [1.807, 2.05) is 19.2 Å². The van der Waals surface area contributed by atoms with E-state index >= 15 is 0 Å². The Labute approximate surface area is 176 Å². The predicted molar refractivity (Wildman–Crippen MR) is 116 cm³/mol. The number of carbonyl (C=O) groups is 1. The summed E-state index contributed by atoms with van der Waals surface area (Å²) in [5.41, 5.74) is 4.91. The highest BCUT2D eigenvalue weighted by molar-refractivity contribution is 9.10. The van der Waals surface area contributed by atoms with Gasteiger partial charge >= 0.3 is 6.09 Å². The third kappa shape index (κ3) is 4.14. The van der Waals surface area contributed by atoms with Crippen molar-refractivity contribution in [2.75, 3.05) is 23.3 Å². The molecule has 4 N–H and O–H groups in total. The molecule has 0 bridgehead atoms. The Balaban J connectivity index is 1.65. The van der Waals surface area contributed by atoms with E-state index in [9.17, 15) is 4.79 Å². The van der Waals surface area contributed by atoms with E-state index in [1.165, 1.54) is 0 Å². The lowest BCUT2D eigenvalue weighted by Crippen LogP contribution is -2.47. The van der Waals surface area contributed by atoms with E-state index in [-0.39, 0.29) is 6.04 Å². The van der Waals surface area contributed by atoms with E-state index in [4.69, 9.17) is 5.11 Å². The maximum atomic E-state index is 11.1. The highest BCUT2D eigenvalue weighted by Crippen LogP contribution is 2.39. The maximum Gasteiger partial charge on any atom is 0.404 e. The Kier molecular flexibility index (Phi) is 5.57. The van der Waals surface area contributed by atoms with Gasteiger partial charge < -0.3 is 25.6 Å². The number of aromatic amines is 1. The van der Waals surface area contributed by atoms with E-state index in [0.29, 0.717) is 13.1 Å². The molecule has 1 amide bonds. The second-order valence-electron chi connectivity index (χ2n) is 7.22. The quantitative estimate of drug-likeness (QED) is 0.462. The minimum Gasteiger partial charge on any atom is -0.465 e. The Morgan fingerprint density at radius 3 is 3.10 bits per heavy atom. The van der Waals surface area contributed by atoms with Crippen molar-refractivity contribution in [1.29, 1.82) is 0 Å². The highest BCUT2D eigenvalue weighted by Gasteiger charge is 2.25. The number of piperidine rings is 1. The first-order chi connectivity index (χ1) is 14.0. The molecular weight excluding hydrogens is 436 g/mol. The van der Waals surface area contributed by atoms with Crippen LogP contribution in [0.4, 0.5) is 16.2 Å². The Morgan fingerprint density at radius 2 is 2.31 bits per heavy atom. The monoisotopic (exact) mass is 458 g/mol. The van der Waals surface area contributed by atoms with Gasteiger partial charge in [-0.05, 0) is 47.3 Å². The molecule has 0 saturated carbocycles. The zero-order valence-electron chi connectivity index (χ0n) is 16.1. The molecule has 1 atom stereocenters. The molecule has 1 fully saturated rings. The molecule has 8 nitrogen and oxygen atoms in total. The van der Waals surface area contributed by atoms with Crippen molar-refractivity contribution in [3.05, 3.63) is 46.5 Å². The van der Waals surface area contributed by atoms with E-state index < -0.39 is 6.09 Å². The Morgan fingerprint density at radius 1 is 1.45 bits per heavy atom. The third-order valence-corrected chi connectivity index (χ3v) is 5.86. The van der Waals surface area contributed by atoms with E-state index in [1.54, 1.807) is 12.4 Å². The second kappa shape index (κ2) is 8.28. The number of aryl methyl sites for hydroxylation is 1. The Bertz CT molecular complexity index is 1040. The van der Waals surface area contributed by atoms with Crippen molar-refractivity contribution >= 4 is 44.4 Å². The molecule has 4 rings (SSSR count). The molecule has 1 aliphatic heterocycles. The molecule has 3 aromatic rings. The van der Waals surface area contributed by atoms with Gasteiger partial charge in [-0.25, -0.2) is 9.78 Å². The fourth-order valence-corrected chi connectivity index (χ4v) is 4.42. The molecular formula is C20H23BrN6O2. The summed E-state index contributed by atoms with van der Waals surface area (Å²) in [7, 11) is 0. The van der Waals surface area contributed by atoms with Crippen LogP contribution >= 0.6 is 15.9 Å². The van der Waals surface area contributed by atoms with Crippen LogP contribution in [-0.2, 0) is 6.54 Å². The number of nitrogens with zero attached hydrogens (tertiary/aromatic N) is 3. The van der Waals surface area contributed by atoms with Crippen LogP contribution in [-0.4, -0.2) is 45.3 Å². The molecule has 1 saturated heterocycles. The molecule has 1 aliphatic rings. The summed E-state index contributed by atoms with van der Waals surface area (Å²) in [6, 6.07) is 3.91. The summed E-state index contributed by atoms with van der Waals surface area (Å²) in [4.78, 5) is 25.4. The average Bonchev–Trinajstić information content (AvgIpc) is 3.10. The molecule has 152 valence electrons. The van der Waals surface area contributed by atoms with Crippen molar-refractivity contribution in [2.24, 2.45) is 0 Å². The normalized spacial score (nSPS) is 16.8. The number of anilines is 2. The fourth-order valence-electron chi connectivity index (χ4n) is 3.87. The summed E-state index contributed by atoms with van der Waals surface area (Å²) in [5, 5.41) is 16.2. The van der Waals surface area contributed by atoms with Gasteiger partial charge in [-0.2, -0.15) is 0 Å². The third-order valence-electron chi connectivity index (χ3n) is 5.28. The lowest BCUT2D eigenvalue weighted by Gasteiger charge is -2.35. The molecule has 0 radical (unpaired) electrons. The van der Waals surface area contributed by atoms with Crippen LogP contribution in [0.2, 0.25) is 0 Å². The van der Waals surface area contributed by atoms with Crippen molar-refractivity contribution in [3.8, 4) is 0 Å². The molecule has 3 aromatic heterocycles. The van der Waals surface area contributed by atoms with Crippen molar-refractivity contribution in [3.63, 3.8) is 0 Å². The van der Waals surface area contributed by atoms with Crippen LogP contribution < -0.4 is 15.5 Å². The van der Waals surface area contributed by atoms with Gasteiger partial charge in [0.1, 0.15) is 5.65 Å². The van der Waals surface area contributed by atoms with Gasteiger partial charge in [-0.15, -0.1) is 0 Å². The van der Waals surface area contributed by atoms with Crippen LogP contribution in [0.25, 0.3) is 11.0 Å². The van der Waals surface area contributed by atoms with Crippen LogP contribution in [0.3, 0.4) is 0 Å². The number of hydrogen-bond donors (Lipinski definition) is 4. The van der Waals surface area contributed by atoms with E-state index in [0.717, 1.165) is 57.5 Å². The number of nitrogens with one attached hydrogen (secondary N) is 3. The van der Waals surface area contributed by atoms with Crippen molar-refractivity contribution in [1.82, 2.24) is 20.3 Å². The smallest absolute Gasteiger partial charge is 0.404 e.